The molecule has 0 radical (unpaired) electrons. The van der Waals surface area contributed by atoms with Gasteiger partial charge in [-0.3, -0.25) is 0 Å². The highest BCUT2D eigenvalue weighted by molar-refractivity contribution is 6.30. The molecule has 1 heterocycles. The molecule has 2 rings (SSSR count). The minimum atomic E-state index is -0.320. The number of halogens is 2. The molecule has 0 saturated carbocycles. The van der Waals surface area contributed by atoms with Gasteiger partial charge in [0.15, 0.2) is 0 Å². The summed E-state index contributed by atoms with van der Waals surface area (Å²) in [5, 5.41) is 3.72. The third-order valence-corrected chi connectivity index (χ3v) is 3.55. The van der Waals surface area contributed by atoms with Crippen molar-refractivity contribution in [3.8, 4) is 0 Å². The van der Waals surface area contributed by atoms with Crippen molar-refractivity contribution < 1.29 is 4.39 Å². The molecule has 88 valence electrons. The summed E-state index contributed by atoms with van der Waals surface area (Å²) in [5.41, 5.74) is 2.15. The van der Waals surface area contributed by atoms with Crippen molar-refractivity contribution >= 4 is 11.6 Å². The molecule has 1 aliphatic rings. The third kappa shape index (κ3) is 2.74. The first-order valence-corrected chi connectivity index (χ1v) is 6.22. The minimum absolute atomic E-state index is 0.233. The lowest BCUT2D eigenvalue weighted by Crippen LogP contribution is -2.35. The predicted molar refractivity (Wildman–Crippen MR) is 65.5 cm³/mol. The standard InChI is InChI=1S/C13H17ClFN/c1-9-6-13(15)12(14)8-10(9)7-11-4-2-3-5-16-11/h6,8,11,16H,2-5,7H2,1H3. The number of aryl methyl sites for hydroxylation is 1. The third-order valence-electron chi connectivity index (χ3n) is 3.26. The maximum atomic E-state index is 13.2. The van der Waals surface area contributed by atoms with Gasteiger partial charge in [-0.1, -0.05) is 18.0 Å². The number of hydrogen-bond acceptors (Lipinski definition) is 1. The number of piperidine rings is 1. The van der Waals surface area contributed by atoms with Crippen molar-refractivity contribution in [3.05, 3.63) is 34.1 Å². The molecule has 16 heavy (non-hydrogen) atoms. The monoisotopic (exact) mass is 241 g/mol. The lowest BCUT2D eigenvalue weighted by Gasteiger charge is -2.24. The summed E-state index contributed by atoms with van der Waals surface area (Å²) >= 11 is 5.81. The van der Waals surface area contributed by atoms with E-state index in [4.69, 9.17) is 11.6 Å². The summed E-state index contributed by atoms with van der Waals surface area (Å²) in [6.07, 6.45) is 4.70. The normalized spacial score (nSPS) is 21.1. The zero-order valence-corrected chi connectivity index (χ0v) is 10.3. The number of rotatable bonds is 2. The van der Waals surface area contributed by atoms with Gasteiger partial charge in [-0.05, 0) is 56.0 Å². The molecule has 0 aromatic heterocycles. The first-order chi connectivity index (χ1) is 7.66. The Morgan fingerprint density at radius 2 is 2.25 bits per heavy atom. The molecule has 1 aromatic rings. The Hall–Kier alpha value is -0.600. The number of hydrogen-bond donors (Lipinski definition) is 1. The van der Waals surface area contributed by atoms with Gasteiger partial charge in [-0.15, -0.1) is 0 Å². The molecule has 3 heteroatoms. The summed E-state index contributed by atoms with van der Waals surface area (Å²) in [5.74, 6) is -0.320. The Morgan fingerprint density at radius 3 is 2.94 bits per heavy atom. The van der Waals surface area contributed by atoms with Gasteiger partial charge in [0, 0.05) is 6.04 Å². The molecule has 0 bridgehead atoms. The summed E-state index contributed by atoms with van der Waals surface area (Å²) in [7, 11) is 0. The van der Waals surface area contributed by atoms with Gasteiger partial charge < -0.3 is 5.32 Å². The molecule has 0 amide bonds. The molecule has 1 N–H and O–H groups in total. The van der Waals surface area contributed by atoms with Crippen molar-refractivity contribution in [2.45, 2.75) is 38.6 Å². The zero-order valence-electron chi connectivity index (χ0n) is 9.52. The van der Waals surface area contributed by atoms with Crippen molar-refractivity contribution in [1.82, 2.24) is 5.32 Å². The van der Waals surface area contributed by atoms with Crippen LogP contribution in [0.25, 0.3) is 0 Å². The fourth-order valence-corrected chi connectivity index (χ4v) is 2.46. The van der Waals surface area contributed by atoms with Crippen LogP contribution in [-0.4, -0.2) is 12.6 Å². The molecule has 1 unspecified atom stereocenters. The Bertz CT molecular complexity index is 372. The first-order valence-electron chi connectivity index (χ1n) is 5.84. The quantitative estimate of drug-likeness (QED) is 0.836. The predicted octanol–water partition coefficient (Wildman–Crippen LogP) is 3.47. The number of nitrogens with one attached hydrogen (secondary N) is 1. The van der Waals surface area contributed by atoms with Crippen LogP contribution in [0.1, 0.15) is 30.4 Å². The smallest absolute Gasteiger partial charge is 0.142 e. The Balaban J connectivity index is 2.11. The SMILES string of the molecule is Cc1cc(F)c(Cl)cc1CC1CCCCN1. The van der Waals surface area contributed by atoms with Crippen molar-refractivity contribution in [3.63, 3.8) is 0 Å². The second kappa shape index (κ2) is 5.15. The van der Waals surface area contributed by atoms with E-state index in [-0.39, 0.29) is 10.8 Å². The average molecular weight is 242 g/mol. The fraction of sp³-hybridized carbons (Fsp3) is 0.538. The van der Waals surface area contributed by atoms with E-state index in [2.05, 4.69) is 5.32 Å². The molecular formula is C13H17ClFN. The van der Waals surface area contributed by atoms with Crippen molar-refractivity contribution in [2.24, 2.45) is 0 Å². The molecule has 0 spiro atoms. The van der Waals surface area contributed by atoms with E-state index < -0.39 is 0 Å². The molecule has 0 aliphatic carbocycles. The Labute approximate surface area is 101 Å². The topological polar surface area (TPSA) is 12.0 Å². The van der Waals surface area contributed by atoms with Crippen molar-refractivity contribution in [1.29, 1.82) is 0 Å². The van der Waals surface area contributed by atoms with E-state index in [1.54, 1.807) is 6.07 Å². The maximum Gasteiger partial charge on any atom is 0.142 e. The van der Waals surface area contributed by atoms with Gasteiger partial charge in [-0.25, -0.2) is 4.39 Å². The largest absolute Gasteiger partial charge is 0.314 e. The average Bonchev–Trinajstić information content (AvgIpc) is 2.27. The van der Waals surface area contributed by atoms with Crippen molar-refractivity contribution in [2.75, 3.05) is 6.54 Å². The minimum Gasteiger partial charge on any atom is -0.314 e. The van der Waals surface area contributed by atoms with Gasteiger partial charge in [0.25, 0.3) is 0 Å². The van der Waals surface area contributed by atoms with Crippen LogP contribution in [0.4, 0.5) is 4.39 Å². The maximum absolute atomic E-state index is 13.2. The lowest BCUT2D eigenvalue weighted by atomic mass is 9.95. The molecule has 1 nitrogen and oxygen atoms in total. The fourth-order valence-electron chi connectivity index (χ4n) is 2.27. The second-order valence-corrected chi connectivity index (χ2v) is 4.95. The van der Waals surface area contributed by atoms with Gasteiger partial charge in [0.05, 0.1) is 5.02 Å². The van der Waals surface area contributed by atoms with Gasteiger partial charge in [-0.2, -0.15) is 0 Å². The Kier molecular flexibility index (Phi) is 3.82. The highest BCUT2D eigenvalue weighted by Crippen LogP contribution is 2.22. The van der Waals surface area contributed by atoms with E-state index in [0.29, 0.717) is 6.04 Å². The Morgan fingerprint density at radius 1 is 1.44 bits per heavy atom. The van der Waals surface area contributed by atoms with Crippen LogP contribution >= 0.6 is 11.6 Å². The molecule has 1 atom stereocenters. The van der Waals surface area contributed by atoms with Gasteiger partial charge in [0.2, 0.25) is 0 Å². The van der Waals surface area contributed by atoms with Crippen LogP contribution in [-0.2, 0) is 6.42 Å². The zero-order chi connectivity index (χ0) is 11.5. The van der Waals surface area contributed by atoms with Crippen LogP contribution in [0.2, 0.25) is 5.02 Å². The van der Waals surface area contributed by atoms with Crippen LogP contribution < -0.4 is 5.32 Å². The molecular weight excluding hydrogens is 225 g/mol. The highest BCUT2D eigenvalue weighted by atomic mass is 35.5. The van der Waals surface area contributed by atoms with E-state index in [1.807, 2.05) is 6.92 Å². The van der Waals surface area contributed by atoms with E-state index in [1.165, 1.54) is 25.3 Å². The molecule has 1 saturated heterocycles. The van der Waals surface area contributed by atoms with Gasteiger partial charge in [0.1, 0.15) is 5.82 Å². The van der Waals surface area contributed by atoms with Crippen LogP contribution in [0.3, 0.4) is 0 Å². The first kappa shape index (κ1) is 11.9. The molecule has 1 fully saturated rings. The van der Waals surface area contributed by atoms with E-state index in [0.717, 1.165) is 24.1 Å². The van der Waals surface area contributed by atoms with Crippen LogP contribution in [0.5, 0.6) is 0 Å². The molecule has 1 aromatic carbocycles. The lowest BCUT2D eigenvalue weighted by molar-refractivity contribution is 0.399. The number of benzene rings is 1. The second-order valence-electron chi connectivity index (χ2n) is 4.54. The summed E-state index contributed by atoms with van der Waals surface area (Å²) < 4.78 is 13.2. The highest BCUT2D eigenvalue weighted by Gasteiger charge is 2.15. The van der Waals surface area contributed by atoms with Crippen LogP contribution in [0.15, 0.2) is 12.1 Å². The van der Waals surface area contributed by atoms with Gasteiger partial charge >= 0.3 is 0 Å². The summed E-state index contributed by atoms with van der Waals surface area (Å²) in [6, 6.07) is 3.82. The van der Waals surface area contributed by atoms with E-state index in [9.17, 15) is 4.39 Å². The summed E-state index contributed by atoms with van der Waals surface area (Å²) in [4.78, 5) is 0. The van der Waals surface area contributed by atoms with E-state index >= 15 is 0 Å². The molecule has 1 aliphatic heterocycles. The summed E-state index contributed by atoms with van der Waals surface area (Å²) in [6.45, 7) is 3.04. The van der Waals surface area contributed by atoms with Crippen LogP contribution in [0, 0.1) is 12.7 Å².